The van der Waals surface area contributed by atoms with Crippen LogP contribution >= 0.6 is 0 Å². The fraction of sp³-hybridized carbons (Fsp3) is 0.562. The van der Waals surface area contributed by atoms with E-state index in [1.807, 2.05) is 24.3 Å². The van der Waals surface area contributed by atoms with Crippen LogP contribution < -0.4 is 11.1 Å². The monoisotopic (exact) mass is 262 g/mol. The summed E-state index contributed by atoms with van der Waals surface area (Å²) in [5.74, 6) is 0.719. The minimum absolute atomic E-state index is 0.00709. The van der Waals surface area contributed by atoms with Gasteiger partial charge in [0.15, 0.2) is 0 Å². The number of rotatable bonds is 7. The van der Waals surface area contributed by atoms with Crippen molar-refractivity contribution in [3.63, 3.8) is 0 Å². The van der Waals surface area contributed by atoms with Gasteiger partial charge in [-0.1, -0.05) is 38.8 Å². The number of carbonyl (C=O) groups excluding carboxylic acids is 1. The van der Waals surface area contributed by atoms with Crippen LogP contribution in [-0.2, 0) is 6.54 Å². The van der Waals surface area contributed by atoms with Crippen molar-refractivity contribution < 1.29 is 4.79 Å². The lowest BCUT2D eigenvalue weighted by molar-refractivity contribution is 0.0937. The van der Waals surface area contributed by atoms with Gasteiger partial charge in [0, 0.05) is 18.2 Å². The van der Waals surface area contributed by atoms with Crippen molar-refractivity contribution in [1.29, 1.82) is 0 Å². The summed E-state index contributed by atoms with van der Waals surface area (Å²) in [4.78, 5) is 12.1. The number of nitrogens with one attached hydrogen (secondary N) is 1. The van der Waals surface area contributed by atoms with Gasteiger partial charge in [-0.15, -0.1) is 0 Å². The first-order valence-corrected chi connectivity index (χ1v) is 7.12. The number of carbonyl (C=O) groups is 1. The Kier molecular flexibility index (Phi) is 6.57. The van der Waals surface area contributed by atoms with Crippen LogP contribution in [0.3, 0.4) is 0 Å². The van der Waals surface area contributed by atoms with Gasteiger partial charge >= 0.3 is 0 Å². The molecule has 0 aliphatic heterocycles. The molecule has 0 aliphatic rings. The van der Waals surface area contributed by atoms with Crippen molar-refractivity contribution in [3.05, 3.63) is 35.4 Å². The third-order valence-electron chi connectivity index (χ3n) is 3.22. The Bertz CT molecular complexity index is 401. The molecule has 0 bridgehead atoms. The van der Waals surface area contributed by atoms with Gasteiger partial charge in [0.1, 0.15) is 0 Å². The van der Waals surface area contributed by atoms with Crippen molar-refractivity contribution in [2.45, 2.75) is 52.6 Å². The summed E-state index contributed by atoms with van der Waals surface area (Å²) in [5.41, 5.74) is 7.26. The lowest BCUT2D eigenvalue weighted by atomic mass is 10.0. The van der Waals surface area contributed by atoms with Crippen LogP contribution in [-0.4, -0.2) is 11.9 Å². The summed E-state index contributed by atoms with van der Waals surface area (Å²) in [6.07, 6.45) is 3.39. The molecular weight excluding hydrogens is 236 g/mol. The quantitative estimate of drug-likeness (QED) is 0.793. The van der Waals surface area contributed by atoms with E-state index in [9.17, 15) is 4.79 Å². The van der Waals surface area contributed by atoms with Gasteiger partial charge in [-0.2, -0.15) is 0 Å². The van der Waals surface area contributed by atoms with E-state index in [4.69, 9.17) is 5.73 Å². The van der Waals surface area contributed by atoms with Crippen LogP contribution in [0.4, 0.5) is 0 Å². The molecule has 3 heteroatoms. The van der Waals surface area contributed by atoms with Crippen LogP contribution in [0.1, 0.15) is 56.0 Å². The summed E-state index contributed by atoms with van der Waals surface area (Å²) < 4.78 is 0. The molecule has 1 rings (SSSR count). The first-order valence-electron chi connectivity index (χ1n) is 7.12. The van der Waals surface area contributed by atoms with Gasteiger partial charge in [0.25, 0.3) is 5.91 Å². The molecule has 1 amide bonds. The Morgan fingerprint density at radius 1 is 1.26 bits per heavy atom. The molecule has 1 atom stereocenters. The zero-order valence-electron chi connectivity index (χ0n) is 12.3. The van der Waals surface area contributed by atoms with Crippen molar-refractivity contribution in [2.75, 3.05) is 0 Å². The second-order valence-corrected chi connectivity index (χ2v) is 5.60. The van der Waals surface area contributed by atoms with Crippen LogP contribution in [0.2, 0.25) is 0 Å². The molecular formula is C16H26N2O. The number of hydrogen-bond donors (Lipinski definition) is 2. The normalized spacial score (nSPS) is 12.5. The molecule has 0 radical (unpaired) electrons. The topological polar surface area (TPSA) is 55.1 Å². The van der Waals surface area contributed by atoms with Gasteiger partial charge in [-0.25, -0.2) is 0 Å². The molecule has 19 heavy (non-hydrogen) atoms. The van der Waals surface area contributed by atoms with E-state index in [-0.39, 0.29) is 11.9 Å². The lowest BCUT2D eigenvalue weighted by Gasteiger charge is -2.15. The maximum atomic E-state index is 12.1. The Hall–Kier alpha value is -1.35. The standard InChI is InChI=1S/C16H26N2O/c1-12(2)6-4-7-13(3)18-16(19)15-9-5-8-14(10-15)11-17/h5,8-10,12-13H,4,6-7,11,17H2,1-3H3,(H,18,19). The molecule has 0 heterocycles. The molecule has 1 aromatic carbocycles. The van der Waals surface area contributed by atoms with Crippen molar-refractivity contribution in [3.8, 4) is 0 Å². The first kappa shape index (κ1) is 15.7. The minimum atomic E-state index is -0.00709. The predicted molar refractivity (Wildman–Crippen MR) is 80.0 cm³/mol. The van der Waals surface area contributed by atoms with Crippen LogP contribution in [0.25, 0.3) is 0 Å². The highest BCUT2D eigenvalue weighted by atomic mass is 16.1. The van der Waals surface area contributed by atoms with Gasteiger partial charge in [-0.3, -0.25) is 4.79 Å². The molecule has 1 unspecified atom stereocenters. The van der Waals surface area contributed by atoms with Crippen molar-refractivity contribution in [1.82, 2.24) is 5.32 Å². The maximum Gasteiger partial charge on any atom is 0.251 e. The Balaban J connectivity index is 2.45. The van der Waals surface area contributed by atoms with Crippen LogP contribution in [0, 0.1) is 5.92 Å². The molecule has 0 saturated heterocycles. The fourth-order valence-corrected chi connectivity index (χ4v) is 2.05. The minimum Gasteiger partial charge on any atom is -0.350 e. The van der Waals surface area contributed by atoms with E-state index in [0.717, 1.165) is 24.3 Å². The van der Waals surface area contributed by atoms with E-state index in [1.54, 1.807) is 0 Å². The van der Waals surface area contributed by atoms with E-state index in [0.29, 0.717) is 12.1 Å². The highest BCUT2D eigenvalue weighted by Gasteiger charge is 2.10. The Morgan fingerprint density at radius 3 is 2.63 bits per heavy atom. The number of benzene rings is 1. The third kappa shape index (κ3) is 5.88. The van der Waals surface area contributed by atoms with Gasteiger partial charge in [-0.05, 0) is 37.0 Å². The van der Waals surface area contributed by atoms with Crippen molar-refractivity contribution in [2.24, 2.45) is 11.7 Å². The lowest BCUT2D eigenvalue weighted by Crippen LogP contribution is -2.32. The summed E-state index contributed by atoms with van der Waals surface area (Å²) in [5, 5.41) is 3.04. The summed E-state index contributed by atoms with van der Waals surface area (Å²) in [7, 11) is 0. The van der Waals surface area contributed by atoms with Gasteiger partial charge < -0.3 is 11.1 Å². The molecule has 0 saturated carbocycles. The molecule has 1 aromatic rings. The van der Waals surface area contributed by atoms with Crippen LogP contribution in [0.15, 0.2) is 24.3 Å². The number of amides is 1. The second kappa shape index (κ2) is 7.95. The summed E-state index contributed by atoms with van der Waals surface area (Å²) in [6, 6.07) is 7.71. The molecule has 0 fully saturated rings. The predicted octanol–water partition coefficient (Wildman–Crippen LogP) is 3.09. The van der Waals surface area contributed by atoms with E-state index < -0.39 is 0 Å². The van der Waals surface area contributed by atoms with E-state index >= 15 is 0 Å². The SMILES string of the molecule is CC(C)CCCC(C)NC(=O)c1cccc(CN)c1. The summed E-state index contributed by atoms with van der Waals surface area (Å²) >= 11 is 0. The zero-order chi connectivity index (χ0) is 14.3. The maximum absolute atomic E-state index is 12.1. The fourth-order valence-electron chi connectivity index (χ4n) is 2.05. The first-order chi connectivity index (χ1) is 9.02. The highest BCUT2D eigenvalue weighted by molar-refractivity contribution is 5.94. The number of hydrogen-bond acceptors (Lipinski definition) is 2. The van der Waals surface area contributed by atoms with Gasteiger partial charge in [0.05, 0.1) is 0 Å². The molecule has 0 spiro atoms. The molecule has 106 valence electrons. The smallest absolute Gasteiger partial charge is 0.251 e. The third-order valence-corrected chi connectivity index (χ3v) is 3.22. The van der Waals surface area contributed by atoms with Crippen molar-refractivity contribution >= 4 is 5.91 Å². The van der Waals surface area contributed by atoms with Gasteiger partial charge in [0.2, 0.25) is 0 Å². The second-order valence-electron chi connectivity index (χ2n) is 5.60. The summed E-state index contributed by atoms with van der Waals surface area (Å²) in [6.45, 7) is 6.97. The van der Waals surface area contributed by atoms with E-state index in [2.05, 4.69) is 26.1 Å². The highest BCUT2D eigenvalue weighted by Crippen LogP contribution is 2.09. The van der Waals surface area contributed by atoms with E-state index in [1.165, 1.54) is 6.42 Å². The Morgan fingerprint density at radius 2 is 2.00 bits per heavy atom. The average molecular weight is 262 g/mol. The molecule has 0 aromatic heterocycles. The van der Waals surface area contributed by atoms with Crippen LogP contribution in [0.5, 0.6) is 0 Å². The number of nitrogens with two attached hydrogens (primary N) is 1. The molecule has 0 aliphatic carbocycles. The zero-order valence-corrected chi connectivity index (χ0v) is 12.3. The molecule has 3 nitrogen and oxygen atoms in total. The Labute approximate surface area is 116 Å². The molecule has 3 N–H and O–H groups in total. The largest absolute Gasteiger partial charge is 0.350 e. The average Bonchev–Trinajstić information content (AvgIpc) is 2.38.